The van der Waals surface area contributed by atoms with Gasteiger partial charge in [-0.05, 0) is 38.3 Å². The lowest BCUT2D eigenvalue weighted by Gasteiger charge is -2.27. The van der Waals surface area contributed by atoms with Crippen molar-refractivity contribution < 1.29 is 8.42 Å². The highest BCUT2D eigenvalue weighted by atomic mass is 32.2. The highest BCUT2D eigenvalue weighted by Gasteiger charge is 2.32. The van der Waals surface area contributed by atoms with E-state index in [1.807, 2.05) is 45.0 Å². The molecule has 0 bridgehead atoms. The number of hydrogen-bond donors (Lipinski definition) is 0. The SMILES string of the molecule is CC[C@@H](C#N)S(=O)(=O)N(C)[C@H](C)c1cc(C)ccc1C. The van der Waals surface area contributed by atoms with Gasteiger partial charge in [-0.2, -0.15) is 9.57 Å². The molecule has 2 atom stereocenters. The number of sulfonamides is 1. The van der Waals surface area contributed by atoms with E-state index in [1.54, 1.807) is 14.0 Å². The first kappa shape index (κ1) is 16.7. The Hall–Kier alpha value is -1.38. The molecule has 0 fully saturated rings. The molecule has 0 N–H and O–H groups in total. The van der Waals surface area contributed by atoms with Crippen molar-refractivity contribution in [1.82, 2.24) is 4.31 Å². The molecule has 1 aromatic carbocycles. The molecule has 0 heterocycles. The average molecular weight is 294 g/mol. The Bertz CT molecular complexity index is 617. The Morgan fingerprint density at radius 3 is 2.45 bits per heavy atom. The molecular formula is C15H22N2O2S. The lowest BCUT2D eigenvalue weighted by molar-refractivity contribution is 0.393. The second kappa shape index (κ2) is 6.38. The highest BCUT2D eigenvalue weighted by Crippen LogP contribution is 2.27. The standard InChI is InChI=1S/C15H22N2O2S/c1-6-14(10-16)20(18,19)17(5)13(4)15-9-11(2)7-8-12(15)3/h7-9,13-14H,6H2,1-5H3/t13-,14+/m1/s1. The third-order valence-electron chi connectivity index (χ3n) is 3.71. The number of nitriles is 1. The van der Waals surface area contributed by atoms with Crippen LogP contribution in [0.5, 0.6) is 0 Å². The van der Waals surface area contributed by atoms with Crippen molar-refractivity contribution in [1.29, 1.82) is 5.26 Å². The third-order valence-corrected chi connectivity index (χ3v) is 5.98. The predicted octanol–water partition coefficient (Wildman–Crippen LogP) is 2.93. The monoisotopic (exact) mass is 294 g/mol. The van der Waals surface area contributed by atoms with Crippen LogP contribution in [-0.4, -0.2) is 25.0 Å². The van der Waals surface area contributed by atoms with Crippen molar-refractivity contribution >= 4 is 10.0 Å². The van der Waals surface area contributed by atoms with E-state index in [1.165, 1.54) is 4.31 Å². The minimum atomic E-state index is -3.61. The van der Waals surface area contributed by atoms with Gasteiger partial charge in [0.05, 0.1) is 6.07 Å². The summed E-state index contributed by atoms with van der Waals surface area (Å²) in [6.45, 7) is 7.51. The normalized spacial score (nSPS) is 14.8. The second-order valence-corrected chi connectivity index (χ2v) is 7.30. The topological polar surface area (TPSA) is 61.2 Å². The van der Waals surface area contributed by atoms with Crippen LogP contribution < -0.4 is 0 Å². The summed E-state index contributed by atoms with van der Waals surface area (Å²) in [4.78, 5) is 0. The van der Waals surface area contributed by atoms with Crippen molar-refractivity contribution in [2.45, 2.75) is 45.4 Å². The van der Waals surface area contributed by atoms with Gasteiger partial charge in [0.1, 0.15) is 0 Å². The summed E-state index contributed by atoms with van der Waals surface area (Å²) in [6, 6.07) is 7.58. The maximum Gasteiger partial charge on any atom is 0.230 e. The van der Waals surface area contributed by atoms with Crippen molar-refractivity contribution in [3.8, 4) is 6.07 Å². The minimum absolute atomic E-state index is 0.290. The van der Waals surface area contributed by atoms with Crippen molar-refractivity contribution in [3.63, 3.8) is 0 Å². The molecule has 0 aliphatic carbocycles. The van der Waals surface area contributed by atoms with Gasteiger partial charge in [-0.25, -0.2) is 8.42 Å². The summed E-state index contributed by atoms with van der Waals surface area (Å²) >= 11 is 0. The summed E-state index contributed by atoms with van der Waals surface area (Å²) in [5, 5.41) is 8.02. The summed E-state index contributed by atoms with van der Waals surface area (Å²) < 4.78 is 26.1. The zero-order chi connectivity index (χ0) is 15.5. The van der Waals surface area contributed by atoms with Gasteiger partial charge in [0.15, 0.2) is 5.25 Å². The predicted molar refractivity (Wildman–Crippen MR) is 80.7 cm³/mol. The molecule has 110 valence electrons. The van der Waals surface area contributed by atoms with Crippen LogP contribution in [0.1, 0.15) is 43.0 Å². The van der Waals surface area contributed by atoms with E-state index in [4.69, 9.17) is 5.26 Å². The Kier molecular flexibility index (Phi) is 5.32. The molecule has 0 spiro atoms. The largest absolute Gasteiger partial charge is 0.230 e. The fourth-order valence-electron chi connectivity index (χ4n) is 2.20. The molecular weight excluding hydrogens is 272 g/mol. The van der Waals surface area contributed by atoms with Gasteiger partial charge >= 0.3 is 0 Å². The minimum Gasteiger partial charge on any atom is -0.211 e. The lowest BCUT2D eigenvalue weighted by atomic mass is 10.0. The molecule has 0 unspecified atom stereocenters. The fourth-order valence-corrected chi connectivity index (χ4v) is 3.71. The quantitative estimate of drug-likeness (QED) is 0.839. The van der Waals surface area contributed by atoms with Gasteiger partial charge in [0, 0.05) is 13.1 Å². The molecule has 0 aromatic heterocycles. The van der Waals surface area contributed by atoms with E-state index in [2.05, 4.69) is 0 Å². The Morgan fingerprint density at radius 1 is 1.35 bits per heavy atom. The first-order chi connectivity index (χ1) is 9.25. The second-order valence-electron chi connectivity index (χ2n) is 5.12. The average Bonchev–Trinajstić information content (AvgIpc) is 2.40. The zero-order valence-corrected chi connectivity index (χ0v) is 13.5. The van der Waals surface area contributed by atoms with Gasteiger partial charge in [-0.1, -0.05) is 30.7 Å². The first-order valence-electron chi connectivity index (χ1n) is 6.69. The van der Waals surface area contributed by atoms with Crippen LogP contribution in [0.25, 0.3) is 0 Å². The Labute approximate surface area is 122 Å². The van der Waals surface area contributed by atoms with Gasteiger partial charge in [0.2, 0.25) is 10.0 Å². The molecule has 1 rings (SSSR count). The third kappa shape index (κ3) is 3.20. The van der Waals surface area contributed by atoms with Crippen LogP contribution in [0.15, 0.2) is 18.2 Å². The molecule has 5 heteroatoms. The molecule has 0 saturated carbocycles. The van der Waals surface area contributed by atoms with E-state index >= 15 is 0 Å². The van der Waals surface area contributed by atoms with Gasteiger partial charge in [0.25, 0.3) is 0 Å². The van der Waals surface area contributed by atoms with E-state index in [9.17, 15) is 8.42 Å². The van der Waals surface area contributed by atoms with E-state index in [-0.39, 0.29) is 6.04 Å². The van der Waals surface area contributed by atoms with Gasteiger partial charge < -0.3 is 0 Å². The van der Waals surface area contributed by atoms with Crippen LogP contribution in [0, 0.1) is 25.2 Å². The molecule has 0 radical (unpaired) electrons. The van der Waals surface area contributed by atoms with Crippen LogP contribution in [0.2, 0.25) is 0 Å². The maximum absolute atomic E-state index is 12.4. The van der Waals surface area contributed by atoms with Crippen molar-refractivity contribution in [2.24, 2.45) is 0 Å². The molecule has 1 aromatic rings. The van der Waals surface area contributed by atoms with Crippen molar-refractivity contribution in [2.75, 3.05) is 7.05 Å². The van der Waals surface area contributed by atoms with E-state index in [0.717, 1.165) is 16.7 Å². The Balaban J connectivity index is 3.18. The Morgan fingerprint density at radius 2 is 1.95 bits per heavy atom. The summed E-state index contributed by atoms with van der Waals surface area (Å²) in [5.41, 5.74) is 3.12. The molecule has 0 aliphatic rings. The number of rotatable bonds is 5. The number of aryl methyl sites for hydroxylation is 2. The van der Waals surface area contributed by atoms with E-state index in [0.29, 0.717) is 6.42 Å². The van der Waals surface area contributed by atoms with Crippen LogP contribution in [-0.2, 0) is 10.0 Å². The summed E-state index contributed by atoms with van der Waals surface area (Å²) in [6.07, 6.45) is 0.294. The number of benzene rings is 1. The fraction of sp³-hybridized carbons (Fsp3) is 0.533. The lowest BCUT2D eigenvalue weighted by Crippen LogP contribution is -2.37. The summed E-state index contributed by atoms with van der Waals surface area (Å²) in [5.74, 6) is 0. The highest BCUT2D eigenvalue weighted by molar-refractivity contribution is 7.90. The van der Waals surface area contributed by atoms with Gasteiger partial charge in [-0.3, -0.25) is 0 Å². The van der Waals surface area contributed by atoms with Gasteiger partial charge in [-0.15, -0.1) is 0 Å². The van der Waals surface area contributed by atoms with Crippen molar-refractivity contribution in [3.05, 3.63) is 34.9 Å². The molecule has 4 nitrogen and oxygen atoms in total. The molecule has 0 saturated heterocycles. The van der Waals surface area contributed by atoms with Crippen LogP contribution >= 0.6 is 0 Å². The number of nitrogens with zero attached hydrogens (tertiary/aromatic N) is 2. The summed E-state index contributed by atoms with van der Waals surface area (Å²) in [7, 11) is -2.06. The van der Waals surface area contributed by atoms with Crippen LogP contribution in [0.4, 0.5) is 0 Å². The maximum atomic E-state index is 12.4. The number of hydrogen-bond acceptors (Lipinski definition) is 3. The first-order valence-corrected chi connectivity index (χ1v) is 8.19. The zero-order valence-electron chi connectivity index (χ0n) is 12.7. The molecule has 20 heavy (non-hydrogen) atoms. The van der Waals surface area contributed by atoms with E-state index < -0.39 is 15.3 Å². The smallest absolute Gasteiger partial charge is 0.211 e. The van der Waals surface area contributed by atoms with Crippen LogP contribution in [0.3, 0.4) is 0 Å². The molecule has 0 aliphatic heterocycles. The molecule has 0 amide bonds.